The highest BCUT2D eigenvalue weighted by molar-refractivity contribution is 9.10. The molecule has 5 heterocycles. The van der Waals surface area contributed by atoms with Gasteiger partial charge in [0, 0.05) is 135 Å². The predicted octanol–water partition coefficient (Wildman–Crippen LogP) is 31.3. The Bertz CT molecular complexity index is 7090. The van der Waals surface area contributed by atoms with E-state index in [1.807, 2.05) is 256 Å². The first-order valence-electron chi connectivity index (χ1n) is 48.9. The molecule has 0 saturated heterocycles. The summed E-state index contributed by atoms with van der Waals surface area (Å²) in [4.78, 5) is 55.6. The van der Waals surface area contributed by atoms with Crippen molar-refractivity contribution in [3.63, 3.8) is 0 Å². The van der Waals surface area contributed by atoms with E-state index in [9.17, 15) is 29.1 Å². The molecule has 2 atom stereocenters. The molecule has 5 N–H and O–H groups in total. The number of aliphatic carboxylic acids is 5. The Balaban J connectivity index is 0.000000163. The van der Waals surface area contributed by atoms with E-state index in [0.717, 1.165) is 245 Å². The SMILES string of the molecule is Cc1cc(OCCCc2cn(C(C)CC(=O)O)c3ccccc23)cc(C)c1Cl.Cc1cc(OCCCc2cn(C(CC(=O)O)c3ccccc3)c3ccccc23)cc(C)c1Cl.Cc1cc(OCCCc2cn(C=CC(=O)O)c3ccccc23)cc(C)c1Cl.Cc1cc(OCCCc2cn(CCC(=O)O)c3c(C)c(Br)ccc23)cc(C)c1Cl.Cc1cc(OCCCc2cn(CCC(=O)O)c3c(C)c(Cl)ccc23)cc(C)c1Cl. The largest absolute Gasteiger partial charge is 0.494 e. The fourth-order valence-corrected chi connectivity index (χ4v) is 19.6. The van der Waals surface area contributed by atoms with Crippen LogP contribution in [0.2, 0.25) is 30.1 Å². The van der Waals surface area contributed by atoms with Crippen LogP contribution in [0, 0.1) is 83.1 Å². The Morgan fingerprint density at radius 3 is 1.01 bits per heavy atom. The molecule has 766 valence electrons. The van der Waals surface area contributed by atoms with E-state index in [4.69, 9.17) is 114 Å². The molecule has 0 aliphatic heterocycles. The van der Waals surface area contributed by atoms with Gasteiger partial charge in [-0.05, 0) is 345 Å². The molecule has 0 bridgehead atoms. The third kappa shape index (κ3) is 30.1. The van der Waals surface area contributed by atoms with E-state index in [1.54, 1.807) is 6.20 Å². The molecule has 0 aliphatic rings. The smallest absolute Gasteiger partial charge is 0.329 e. The van der Waals surface area contributed by atoms with Crippen LogP contribution in [0.25, 0.3) is 60.7 Å². The van der Waals surface area contributed by atoms with Crippen LogP contribution in [-0.2, 0) is 69.2 Å². The number of aryl methyl sites for hydroxylation is 19. The maximum Gasteiger partial charge on any atom is 0.329 e. The molecule has 0 aliphatic carbocycles. The minimum atomic E-state index is -0.962. The molecule has 0 radical (unpaired) electrons. The minimum absolute atomic E-state index is 0.0283. The van der Waals surface area contributed by atoms with Gasteiger partial charge in [-0.25, -0.2) is 4.79 Å². The predicted molar refractivity (Wildman–Crippen MR) is 597 cm³/mol. The van der Waals surface area contributed by atoms with Crippen LogP contribution in [0.5, 0.6) is 28.7 Å². The maximum absolute atomic E-state index is 11.7. The molecule has 5 aromatic heterocycles. The van der Waals surface area contributed by atoms with E-state index in [1.165, 1.54) is 38.6 Å². The molecule has 0 spiro atoms. The summed E-state index contributed by atoms with van der Waals surface area (Å²) in [6, 6.07) is 61.5. The summed E-state index contributed by atoms with van der Waals surface area (Å²) in [5, 5.41) is 56.1. The van der Waals surface area contributed by atoms with Gasteiger partial charge in [0.25, 0.3) is 0 Å². The number of para-hydroxylation sites is 3. The normalized spacial score (nSPS) is 11.6. The van der Waals surface area contributed by atoms with Crippen molar-refractivity contribution in [2.24, 2.45) is 0 Å². The summed E-state index contributed by atoms with van der Waals surface area (Å²) in [5.41, 5.74) is 24.5. The summed E-state index contributed by atoms with van der Waals surface area (Å²) in [5.74, 6) is 0.0257. The number of aromatic nitrogens is 5. The van der Waals surface area contributed by atoms with Crippen molar-refractivity contribution in [2.75, 3.05) is 33.0 Å². The second-order valence-corrected chi connectivity index (χ2v) is 40.2. The monoisotopic (exact) mass is 2150 g/mol. The van der Waals surface area contributed by atoms with E-state index in [-0.39, 0.29) is 37.8 Å². The number of halogens is 7. The molecular weight excluding hydrogens is 2030 g/mol. The summed E-state index contributed by atoms with van der Waals surface area (Å²) >= 11 is 41.0. The summed E-state index contributed by atoms with van der Waals surface area (Å²) < 4.78 is 40.8. The van der Waals surface area contributed by atoms with Gasteiger partial charge < -0.3 is 72.1 Å². The van der Waals surface area contributed by atoms with Gasteiger partial charge in [0.05, 0.1) is 81.3 Å². The van der Waals surface area contributed by atoms with E-state index in [0.29, 0.717) is 51.1 Å². The lowest BCUT2D eigenvalue weighted by Crippen LogP contribution is -2.14. The number of hydrogen-bond acceptors (Lipinski definition) is 10. The van der Waals surface area contributed by atoms with Crippen molar-refractivity contribution in [1.29, 1.82) is 0 Å². The molecule has 0 saturated carbocycles. The average molecular weight is 2160 g/mol. The highest BCUT2D eigenvalue weighted by Crippen LogP contribution is 2.39. The zero-order valence-corrected chi connectivity index (χ0v) is 90.8. The van der Waals surface area contributed by atoms with Crippen LogP contribution in [-0.4, -0.2) is 111 Å². The van der Waals surface area contributed by atoms with Crippen molar-refractivity contribution in [3.05, 3.63) is 360 Å². The van der Waals surface area contributed by atoms with Gasteiger partial charge in [-0.15, -0.1) is 0 Å². The number of hydrogen-bond donors (Lipinski definition) is 5. The van der Waals surface area contributed by atoms with Crippen molar-refractivity contribution >= 4 is 176 Å². The number of carboxylic acids is 5. The second-order valence-electron chi connectivity index (χ2n) is 37.1. The maximum atomic E-state index is 11.7. The Morgan fingerprint density at radius 2 is 0.651 bits per heavy atom. The standard InChI is InChI=1S/C28H28ClNO3.C23H25BrClNO3.C23H25Cl2NO3.C23H26ClNO3.C22H22ClNO3/c1-19-15-23(16-20(2)28(19)29)33-14-8-11-22-18-30(25-13-7-6-12-24(22)25)26(17-27(31)32)21-9-4-3-5-10-21;2*1-14-11-18(12-15(2)22(14)25)29-10-4-5-17-13-26(9-8-21(27)28)23-16(3)20(24)7-6-19(17)23;1-15-11-19(12-16(2)23(15)24)28-10-6-7-18-14-25(17(3)13-22(26)27)21-9-5-4-8-20(18)21;1-15-12-18(13-16(2)22(15)23)27-11-5-6-17-14-24(10-9-21(25)26)20-8-4-3-7-19(17)20/h3-7,9-10,12-13,15-16,18,26H,8,11,14,17H2,1-2H3,(H,31,32);2*6-7,11-13H,4-5,8-10H2,1-3H3,(H,27,28);4-5,8-9,11-12,14,17H,6-7,10,13H2,1-3H3,(H,26,27);3-4,7-10,12-14H,5-6,11H2,1-2H3,(H,25,26). The van der Waals surface area contributed by atoms with Crippen LogP contribution in [0.15, 0.2) is 230 Å². The quantitative estimate of drug-likeness (QED) is 0.0177. The van der Waals surface area contributed by atoms with Crippen molar-refractivity contribution < 1.29 is 73.2 Å². The number of carboxylic acid groups (broad SMARTS) is 5. The lowest BCUT2D eigenvalue weighted by molar-refractivity contribution is -0.138. The Labute approximate surface area is 892 Å². The molecule has 20 nitrogen and oxygen atoms in total. The van der Waals surface area contributed by atoms with Gasteiger partial charge in [0.2, 0.25) is 0 Å². The molecule has 2 unspecified atom stereocenters. The zero-order valence-electron chi connectivity index (χ0n) is 84.6. The van der Waals surface area contributed by atoms with Gasteiger partial charge in [-0.1, -0.05) is 183 Å². The molecule has 146 heavy (non-hydrogen) atoms. The summed E-state index contributed by atoms with van der Waals surface area (Å²) in [7, 11) is 0. The highest BCUT2D eigenvalue weighted by Gasteiger charge is 2.24. The summed E-state index contributed by atoms with van der Waals surface area (Å²) in [6.07, 6.45) is 21.9. The molecule has 0 amide bonds. The van der Waals surface area contributed by atoms with Crippen molar-refractivity contribution in [2.45, 2.75) is 205 Å². The average Bonchev–Trinajstić information content (AvgIpc) is 1.62. The van der Waals surface area contributed by atoms with Gasteiger partial charge in [0.15, 0.2) is 0 Å². The Kier molecular flexibility index (Phi) is 40.8. The van der Waals surface area contributed by atoms with Crippen LogP contribution < -0.4 is 23.7 Å². The van der Waals surface area contributed by atoms with Crippen molar-refractivity contribution in [3.8, 4) is 28.7 Å². The van der Waals surface area contributed by atoms with Gasteiger partial charge >= 0.3 is 29.8 Å². The van der Waals surface area contributed by atoms with Crippen LogP contribution in [0.3, 0.4) is 0 Å². The fraction of sp³-hybridized carbons (Fsp3) is 0.303. The number of nitrogens with zero attached hydrogens (tertiary/aromatic N) is 5. The highest BCUT2D eigenvalue weighted by atomic mass is 79.9. The first-order chi connectivity index (χ1) is 69.8. The third-order valence-corrected chi connectivity index (χ3v) is 30.0. The second kappa shape index (κ2) is 53.2. The first-order valence-corrected chi connectivity index (χ1v) is 52.0. The van der Waals surface area contributed by atoms with E-state index >= 15 is 0 Å². The van der Waals surface area contributed by atoms with Crippen LogP contribution >= 0.6 is 85.5 Å². The Morgan fingerprint density at radius 1 is 0.342 bits per heavy atom. The lowest BCUT2D eigenvalue weighted by Gasteiger charge is -2.19. The van der Waals surface area contributed by atoms with Gasteiger partial charge in [-0.3, -0.25) is 19.2 Å². The minimum Gasteiger partial charge on any atom is -0.494 e. The Hall–Kier alpha value is -12.6. The topological polar surface area (TPSA) is 257 Å². The molecular formula is C119H126BrCl6N5O15. The van der Waals surface area contributed by atoms with Gasteiger partial charge in [-0.2, -0.15) is 0 Å². The fourth-order valence-electron chi connectivity index (χ4n) is 18.5. The third-order valence-electron chi connectivity index (χ3n) is 25.8. The molecule has 16 aromatic rings. The number of carbonyl (C=O) groups is 5. The van der Waals surface area contributed by atoms with E-state index in [2.05, 4.69) is 91.5 Å². The molecule has 27 heteroatoms. The zero-order chi connectivity index (χ0) is 105. The van der Waals surface area contributed by atoms with Crippen LogP contribution in [0.4, 0.5) is 0 Å². The number of rotatable bonds is 40. The van der Waals surface area contributed by atoms with Crippen LogP contribution in [0.1, 0.15) is 177 Å². The molecule has 11 aromatic carbocycles. The van der Waals surface area contributed by atoms with E-state index < -0.39 is 29.8 Å². The summed E-state index contributed by atoms with van der Waals surface area (Å²) in [6.45, 7) is 29.7. The molecule has 0 fully saturated rings. The lowest BCUT2D eigenvalue weighted by atomic mass is 10.0. The number of benzene rings is 11. The van der Waals surface area contributed by atoms with Gasteiger partial charge in [0.1, 0.15) is 28.7 Å². The first kappa shape index (κ1) is 112. The molecule has 16 rings (SSSR count). The number of ether oxygens (including phenoxy) is 5. The van der Waals surface area contributed by atoms with Crippen molar-refractivity contribution in [1.82, 2.24) is 22.8 Å². The number of fused-ring (bicyclic) bond motifs is 5.